The molecule has 0 aliphatic rings. The van der Waals surface area contributed by atoms with Gasteiger partial charge in [-0.15, -0.1) is 0 Å². The van der Waals surface area contributed by atoms with Crippen LogP contribution >= 0.6 is 0 Å². The average Bonchev–Trinajstić information content (AvgIpc) is 2.56. The highest BCUT2D eigenvalue weighted by Crippen LogP contribution is 2.13. The molecule has 0 aliphatic heterocycles. The monoisotopic (exact) mass is 320 g/mol. The van der Waals surface area contributed by atoms with Gasteiger partial charge in [-0.05, 0) is 31.2 Å². The van der Waals surface area contributed by atoms with Crippen LogP contribution in [0.2, 0.25) is 0 Å². The first kappa shape index (κ1) is 20.2. The number of hydrogen-bond donors (Lipinski definition) is 2. The molecule has 0 spiro atoms. The molecular formula is C21H36O2. The highest BCUT2D eigenvalue weighted by Gasteiger charge is 1.97. The highest BCUT2D eigenvalue weighted by molar-refractivity contribution is 5.14. The maximum atomic E-state index is 8.74. The van der Waals surface area contributed by atoms with Crippen LogP contribution in [0.3, 0.4) is 0 Å². The number of aryl methyl sites for hydroxylation is 1. The molecule has 2 heteroatoms. The lowest BCUT2D eigenvalue weighted by atomic mass is 10.0. The lowest BCUT2D eigenvalue weighted by molar-refractivity contribution is -0.0466. The van der Waals surface area contributed by atoms with Crippen molar-refractivity contribution in [3.63, 3.8) is 0 Å². The molecule has 0 saturated carbocycles. The van der Waals surface area contributed by atoms with E-state index in [1.54, 1.807) is 0 Å². The number of rotatable bonds is 15. The van der Waals surface area contributed by atoms with Crippen LogP contribution in [-0.4, -0.2) is 16.5 Å². The zero-order valence-corrected chi connectivity index (χ0v) is 14.8. The van der Waals surface area contributed by atoms with E-state index in [2.05, 4.69) is 30.3 Å². The first-order valence-corrected chi connectivity index (χ1v) is 9.69. The lowest BCUT2D eigenvalue weighted by Crippen LogP contribution is -2.02. The second-order valence-corrected chi connectivity index (χ2v) is 6.75. The van der Waals surface area contributed by atoms with Crippen molar-refractivity contribution in [1.29, 1.82) is 0 Å². The molecule has 0 aromatic heterocycles. The van der Waals surface area contributed by atoms with Crippen LogP contribution < -0.4 is 0 Å². The molecule has 0 aliphatic carbocycles. The Morgan fingerprint density at radius 3 is 1.48 bits per heavy atom. The first-order valence-electron chi connectivity index (χ1n) is 9.69. The van der Waals surface area contributed by atoms with Crippen LogP contribution in [0.5, 0.6) is 0 Å². The quantitative estimate of drug-likeness (QED) is 0.326. The van der Waals surface area contributed by atoms with E-state index in [1.807, 2.05) is 0 Å². The Morgan fingerprint density at radius 1 is 0.565 bits per heavy atom. The van der Waals surface area contributed by atoms with Crippen LogP contribution in [0.4, 0.5) is 0 Å². The number of unbranched alkanes of at least 4 members (excludes halogenated alkanes) is 11. The fraction of sp³-hybridized carbons (Fsp3) is 0.714. The number of aliphatic hydroxyl groups is 2. The Morgan fingerprint density at radius 2 is 1.00 bits per heavy atom. The molecular weight excluding hydrogens is 284 g/mol. The van der Waals surface area contributed by atoms with Crippen LogP contribution in [-0.2, 0) is 6.42 Å². The van der Waals surface area contributed by atoms with E-state index in [4.69, 9.17) is 10.2 Å². The number of aliphatic hydroxyl groups excluding tert-OH is 1. The Hall–Kier alpha value is -0.860. The molecule has 0 heterocycles. The van der Waals surface area contributed by atoms with Crippen LogP contribution in [0.25, 0.3) is 0 Å². The van der Waals surface area contributed by atoms with Crippen molar-refractivity contribution in [2.75, 3.05) is 0 Å². The molecule has 0 saturated heterocycles. The second-order valence-electron chi connectivity index (χ2n) is 6.75. The third kappa shape index (κ3) is 13.3. The van der Waals surface area contributed by atoms with Crippen molar-refractivity contribution in [3.05, 3.63) is 35.9 Å². The molecule has 0 unspecified atom stereocenters. The van der Waals surface area contributed by atoms with Crippen molar-refractivity contribution < 1.29 is 10.2 Å². The zero-order valence-electron chi connectivity index (χ0n) is 14.8. The Bertz CT molecular complexity index is 348. The van der Waals surface area contributed by atoms with E-state index in [-0.39, 0.29) is 0 Å². The van der Waals surface area contributed by atoms with Gasteiger partial charge in [-0.3, -0.25) is 0 Å². The van der Waals surface area contributed by atoms with E-state index >= 15 is 0 Å². The zero-order chi connectivity index (χ0) is 16.6. The van der Waals surface area contributed by atoms with Crippen molar-refractivity contribution >= 4 is 0 Å². The van der Waals surface area contributed by atoms with Crippen molar-refractivity contribution in [3.8, 4) is 0 Å². The molecule has 0 atom stereocenters. The van der Waals surface area contributed by atoms with Gasteiger partial charge in [0.05, 0.1) is 0 Å². The third-order valence-electron chi connectivity index (χ3n) is 4.52. The molecule has 0 bridgehead atoms. The first-order chi connectivity index (χ1) is 11.3. The summed E-state index contributed by atoms with van der Waals surface area (Å²) in [5.74, 6) is 0. The van der Waals surface area contributed by atoms with E-state index in [1.165, 1.54) is 76.2 Å². The molecule has 23 heavy (non-hydrogen) atoms. The van der Waals surface area contributed by atoms with Gasteiger partial charge in [0.1, 0.15) is 0 Å². The second kappa shape index (κ2) is 14.7. The summed E-state index contributed by atoms with van der Waals surface area (Å²) in [5, 5.41) is 17.5. The van der Waals surface area contributed by atoms with Gasteiger partial charge >= 0.3 is 0 Å². The predicted molar refractivity (Wildman–Crippen MR) is 98.4 cm³/mol. The SMILES string of the molecule is OC(O)CCCCCCCCCCCCCCc1ccccc1. The van der Waals surface area contributed by atoms with E-state index < -0.39 is 6.29 Å². The molecule has 2 nitrogen and oxygen atoms in total. The molecule has 0 fully saturated rings. The van der Waals surface area contributed by atoms with Gasteiger partial charge in [-0.25, -0.2) is 0 Å². The van der Waals surface area contributed by atoms with Gasteiger partial charge in [-0.2, -0.15) is 0 Å². The highest BCUT2D eigenvalue weighted by atomic mass is 16.5. The molecule has 1 aromatic carbocycles. The van der Waals surface area contributed by atoms with Gasteiger partial charge in [0, 0.05) is 0 Å². The van der Waals surface area contributed by atoms with E-state index in [9.17, 15) is 0 Å². The molecule has 1 aromatic rings. The maximum absolute atomic E-state index is 8.74. The summed E-state index contributed by atoms with van der Waals surface area (Å²) in [7, 11) is 0. The smallest absolute Gasteiger partial charge is 0.151 e. The summed E-state index contributed by atoms with van der Waals surface area (Å²) in [5.41, 5.74) is 1.47. The minimum atomic E-state index is -1.11. The van der Waals surface area contributed by atoms with Gasteiger partial charge in [0.25, 0.3) is 0 Å². The minimum absolute atomic E-state index is 0.532. The van der Waals surface area contributed by atoms with Gasteiger partial charge in [0.15, 0.2) is 6.29 Å². The fourth-order valence-electron chi connectivity index (χ4n) is 3.07. The molecule has 0 radical (unpaired) electrons. The average molecular weight is 321 g/mol. The summed E-state index contributed by atoms with van der Waals surface area (Å²) in [6.07, 6.45) is 16.2. The van der Waals surface area contributed by atoms with Crippen molar-refractivity contribution in [1.82, 2.24) is 0 Å². The van der Waals surface area contributed by atoms with E-state index in [0.717, 1.165) is 12.8 Å². The summed E-state index contributed by atoms with van der Waals surface area (Å²) in [6, 6.07) is 10.8. The van der Waals surface area contributed by atoms with Gasteiger partial charge < -0.3 is 10.2 Å². The minimum Gasteiger partial charge on any atom is -0.368 e. The topological polar surface area (TPSA) is 40.5 Å². The fourth-order valence-corrected chi connectivity index (χ4v) is 3.07. The summed E-state index contributed by atoms with van der Waals surface area (Å²) in [6.45, 7) is 0. The Labute approximate surface area is 142 Å². The van der Waals surface area contributed by atoms with Gasteiger partial charge in [-0.1, -0.05) is 94.5 Å². The largest absolute Gasteiger partial charge is 0.368 e. The Balaban J connectivity index is 1.73. The standard InChI is InChI=1S/C21H36O2/c22-21(23)19-15-10-8-6-4-2-1-3-5-7-9-12-16-20-17-13-11-14-18-20/h11,13-14,17-18,21-23H,1-10,12,15-16,19H2. The molecule has 0 amide bonds. The van der Waals surface area contributed by atoms with E-state index in [0.29, 0.717) is 6.42 Å². The van der Waals surface area contributed by atoms with Crippen molar-refractivity contribution in [2.45, 2.75) is 96.2 Å². The lowest BCUT2D eigenvalue weighted by Gasteiger charge is -2.04. The summed E-state index contributed by atoms with van der Waals surface area (Å²) >= 11 is 0. The third-order valence-corrected chi connectivity index (χ3v) is 4.52. The molecule has 132 valence electrons. The van der Waals surface area contributed by atoms with Gasteiger partial charge in [0.2, 0.25) is 0 Å². The molecule has 2 N–H and O–H groups in total. The summed E-state index contributed by atoms with van der Waals surface area (Å²) in [4.78, 5) is 0. The van der Waals surface area contributed by atoms with Crippen LogP contribution in [0, 0.1) is 0 Å². The van der Waals surface area contributed by atoms with Crippen LogP contribution in [0.15, 0.2) is 30.3 Å². The number of hydrogen-bond acceptors (Lipinski definition) is 2. The maximum Gasteiger partial charge on any atom is 0.151 e. The van der Waals surface area contributed by atoms with Crippen LogP contribution in [0.1, 0.15) is 89.0 Å². The molecule has 1 rings (SSSR count). The van der Waals surface area contributed by atoms with Crippen molar-refractivity contribution in [2.24, 2.45) is 0 Å². The summed E-state index contributed by atoms with van der Waals surface area (Å²) < 4.78 is 0. The Kier molecular flexibility index (Phi) is 12.9. The predicted octanol–water partition coefficient (Wildman–Crippen LogP) is 5.61. The number of benzene rings is 1. The normalized spacial score (nSPS) is 11.3.